The number of fused-ring (bicyclic) bond motifs is 2. The molecular weight excluding hydrogens is 283 g/mol. The van der Waals surface area contributed by atoms with Gasteiger partial charge in [-0.3, -0.25) is 4.79 Å². The predicted molar refractivity (Wildman–Crippen MR) is 82.6 cm³/mol. The summed E-state index contributed by atoms with van der Waals surface area (Å²) in [5.41, 5.74) is 4.41. The Hall–Kier alpha value is -2.82. The number of ether oxygens (including phenoxy) is 1. The Morgan fingerprint density at radius 1 is 1.18 bits per heavy atom. The van der Waals surface area contributed by atoms with E-state index in [0.29, 0.717) is 29.2 Å². The van der Waals surface area contributed by atoms with E-state index >= 15 is 0 Å². The van der Waals surface area contributed by atoms with Crippen LogP contribution in [0, 0.1) is 5.82 Å². The minimum absolute atomic E-state index is 0.263. The third kappa shape index (κ3) is 1.79. The number of carbonyl (C=O) groups excluding carboxylic acids is 1. The third-order valence-corrected chi connectivity index (χ3v) is 3.96. The first kappa shape index (κ1) is 12.9. The largest absolute Gasteiger partial charge is 0.487 e. The van der Waals surface area contributed by atoms with Crippen LogP contribution in [0.5, 0.6) is 0 Å². The SMILES string of the molecule is CNc1ccc2c(c1)CO/C2=C1/C(=O)Nc2ccc(F)cc21. The molecule has 22 heavy (non-hydrogen) atoms. The molecule has 0 spiro atoms. The second-order valence-corrected chi connectivity index (χ2v) is 5.26. The van der Waals surface area contributed by atoms with Gasteiger partial charge in [0, 0.05) is 35.1 Å². The van der Waals surface area contributed by atoms with Crippen molar-refractivity contribution in [2.75, 3.05) is 17.7 Å². The molecular formula is C17H13FN2O2. The number of rotatable bonds is 1. The zero-order valence-corrected chi connectivity index (χ0v) is 11.9. The highest BCUT2D eigenvalue weighted by Gasteiger charge is 2.32. The molecule has 0 atom stereocenters. The number of amides is 1. The van der Waals surface area contributed by atoms with Crippen molar-refractivity contribution in [3.63, 3.8) is 0 Å². The Bertz CT molecular complexity index is 843. The second-order valence-electron chi connectivity index (χ2n) is 5.26. The lowest BCUT2D eigenvalue weighted by Crippen LogP contribution is -2.05. The monoisotopic (exact) mass is 296 g/mol. The fourth-order valence-electron chi connectivity index (χ4n) is 2.89. The number of benzene rings is 2. The summed E-state index contributed by atoms with van der Waals surface area (Å²) in [5.74, 6) is -0.127. The van der Waals surface area contributed by atoms with Crippen molar-refractivity contribution in [1.29, 1.82) is 0 Å². The van der Waals surface area contributed by atoms with E-state index < -0.39 is 0 Å². The van der Waals surface area contributed by atoms with Gasteiger partial charge < -0.3 is 15.4 Å². The molecule has 0 saturated carbocycles. The maximum atomic E-state index is 13.5. The number of nitrogens with one attached hydrogen (secondary N) is 2. The topological polar surface area (TPSA) is 50.4 Å². The van der Waals surface area contributed by atoms with Gasteiger partial charge in [-0.2, -0.15) is 0 Å². The van der Waals surface area contributed by atoms with Gasteiger partial charge in [-0.1, -0.05) is 0 Å². The molecule has 110 valence electrons. The zero-order chi connectivity index (χ0) is 15.3. The number of hydrogen-bond donors (Lipinski definition) is 2. The van der Waals surface area contributed by atoms with E-state index in [0.717, 1.165) is 16.8 Å². The summed E-state index contributed by atoms with van der Waals surface area (Å²) in [6, 6.07) is 10.1. The van der Waals surface area contributed by atoms with Crippen LogP contribution in [0.3, 0.4) is 0 Å². The van der Waals surface area contributed by atoms with E-state index in [-0.39, 0.29) is 11.7 Å². The first-order valence-electron chi connectivity index (χ1n) is 6.97. The Labute approximate surface area is 126 Å². The average Bonchev–Trinajstić information content (AvgIpc) is 3.06. The van der Waals surface area contributed by atoms with Gasteiger partial charge in [0.1, 0.15) is 18.2 Å². The molecule has 4 nitrogen and oxygen atoms in total. The summed E-state index contributed by atoms with van der Waals surface area (Å²) in [4.78, 5) is 12.3. The maximum absolute atomic E-state index is 13.5. The first-order chi connectivity index (χ1) is 10.7. The van der Waals surface area contributed by atoms with E-state index in [1.165, 1.54) is 12.1 Å². The van der Waals surface area contributed by atoms with Crippen LogP contribution in [0.2, 0.25) is 0 Å². The summed E-state index contributed by atoms with van der Waals surface area (Å²) < 4.78 is 19.3. The summed E-state index contributed by atoms with van der Waals surface area (Å²) in [5, 5.41) is 5.82. The lowest BCUT2D eigenvalue weighted by atomic mass is 10.00. The highest BCUT2D eigenvalue weighted by Crippen LogP contribution is 2.42. The Morgan fingerprint density at radius 2 is 2.05 bits per heavy atom. The third-order valence-electron chi connectivity index (χ3n) is 3.96. The molecule has 0 unspecified atom stereocenters. The van der Waals surface area contributed by atoms with E-state index in [4.69, 9.17) is 4.74 Å². The molecule has 0 fully saturated rings. The quantitative estimate of drug-likeness (QED) is 0.794. The van der Waals surface area contributed by atoms with E-state index in [2.05, 4.69) is 10.6 Å². The normalized spacial score (nSPS) is 18.5. The fraction of sp³-hybridized carbons (Fsp3) is 0.118. The van der Waals surface area contributed by atoms with Crippen molar-refractivity contribution in [2.24, 2.45) is 0 Å². The molecule has 1 amide bonds. The second kappa shape index (κ2) is 4.59. The Kier molecular flexibility index (Phi) is 2.69. The zero-order valence-electron chi connectivity index (χ0n) is 11.9. The van der Waals surface area contributed by atoms with Crippen LogP contribution < -0.4 is 10.6 Å². The molecule has 2 aromatic rings. The molecule has 0 bridgehead atoms. The molecule has 2 N–H and O–H groups in total. The van der Waals surface area contributed by atoms with Gasteiger partial charge in [0.15, 0.2) is 0 Å². The standard InChI is InChI=1S/C17H13FN2O2/c1-19-11-3-4-12-9(6-11)8-22-16(12)15-13-7-10(18)2-5-14(13)20-17(15)21/h2-7,19H,8H2,1H3,(H,20,21)/b16-15+. The molecule has 0 aliphatic carbocycles. The lowest BCUT2D eigenvalue weighted by Gasteiger charge is -2.06. The number of halogens is 1. The van der Waals surface area contributed by atoms with Gasteiger partial charge in [-0.25, -0.2) is 4.39 Å². The van der Waals surface area contributed by atoms with Crippen LogP contribution in [0.4, 0.5) is 15.8 Å². The van der Waals surface area contributed by atoms with Crippen molar-refractivity contribution in [3.05, 3.63) is 58.9 Å². The molecule has 2 aliphatic rings. The lowest BCUT2D eigenvalue weighted by molar-refractivity contribution is -0.110. The van der Waals surface area contributed by atoms with Crippen LogP contribution >= 0.6 is 0 Å². The van der Waals surface area contributed by atoms with E-state index in [9.17, 15) is 9.18 Å². The summed E-state index contributed by atoms with van der Waals surface area (Å²) in [7, 11) is 1.85. The molecule has 2 aliphatic heterocycles. The summed E-state index contributed by atoms with van der Waals surface area (Å²) >= 11 is 0. The Morgan fingerprint density at radius 3 is 2.86 bits per heavy atom. The molecule has 0 radical (unpaired) electrons. The average molecular weight is 296 g/mol. The van der Waals surface area contributed by atoms with Crippen molar-refractivity contribution < 1.29 is 13.9 Å². The van der Waals surface area contributed by atoms with Gasteiger partial charge in [0.05, 0.1) is 5.57 Å². The van der Waals surface area contributed by atoms with Gasteiger partial charge in [-0.15, -0.1) is 0 Å². The number of anilines is 2. The first-order valence-corrected chi connectivity index (χ1v) is 6.97. The van der Waals surface area contributed by atoms with Crippen molar-refractivity contribution in [3.8, 4) is 0 Å². The molecule has 0 saturated heterocycles. The predicted octanol–water partition coefficient (Wildman–Crippen LogP) is 3.22. The molecule has 2 heterocycles. The van der Waals surface area contributed by atoms with Crippen molar-refractivity contribution in [2.45, 2.75) is 6.61 Å². The minimum atomic E-state index is -0.378. The van der Waals surface area contributed by atoms with Crippen LogP contribution in [0.1, 0.15) is 16.7 Å². The fourth-order valence-corrected chi connectivity index (χ4v) is 2.89. The van der Waals surface area contributed by atoms with E-state index in [1.807, 2.05) is 25.2 Å². The molecule has 0 aromatic heterocycles. The van der Waals surface area contributed by atoms with Gasteiger partial charge in [-0.05, 0) is 36.4 Å². The van der Waals surface area contributed by atoms with Gasteiger partial charge in [0.25, 0.3) is 5.91 Å². The minimum Gasteiger partial charge on any atom is -0.487 e. The number of hydrogen-bond acceptors (Lipinski definition) is 3. The molecule has 4 rings (SSSR count). The summed E-state index contributed by atoms with van der Waals surface area (Å²) in [6.07, 6.45) is 0. The van der Waals surface area contributed by atoms with Crippen LogP contribution in [0.15, 0.2) is 36.4 Å². The van der Waals surface area contributed by atoms with Crippen LogP contribution in [0.25, 0.3) is 11.3 Å². The summed E-state index contributed by atoms with van der Waals surface area (Å²) in [6.45, 7) is 0.404. The van der Waals surface area contributed by atoms with Gasteiger partial charge >= 0.3 is 0 Å². The molecule has 5 heteroatoms. The van der Waals surface area contributed by atoms with Crippen LogP contribution in [-0.4, -0.2) is 13.0 Å². The van der Waals surface area contributed by atoms with E-state index in [1.54, 1.807) is 6.07 Å². The van der Waals surface area contributed by atoms with Crippen molar-refractivity contribution in [1.82, 2.24) is 0 Å². The van der Waals surface area contributed by atoms with Crippen molar-refractivity contribution >= 4 is 28.6 Å². The van der Waals surface area contributed by atoms with Gasteiger partial charge in [0.2, 0.25) is 0 Å². The highest BCUT2D eigenvalue weighted by atomic mass is 19.1. The smallest absolute Gasteiger partial charge is 0.260 e. The number of carbonyl (C=O) groups is 1. The van der Waals surface area contributed by atoms with Crippen LogP contribution in [-0.2, 0) is 16.1 Å². The maximum Gasteiger partial charge on any atom is 0.260 e. The molecule has 2 aromatic carbocycles. The highest BCUT2D eigenvalue weighted by molar-refractivity contribution is 6.36. The Balaban J connectivity index is 1.92.